The standard InChI is InChI=1S/C21H28N4O2/c26-21(27)16-7-6-8-17(15-16)25-20-18(9-2-3-11-22-20)19(23-25)10-14-24-12-4-1-5-13-24/h6-8,15,22H,1-5,9-14H2,(H,26,27). The summed E-state index contributed by atoms with van der Waals surface area (Å²) >= 11 is 0. The molecular weight excluding hydrogens is 340 g/mol. The number of carboxylic acid groups (broad SMARTS) is 1. The number of carboxylic acids is 1. The highest BCUT2D eigenvalue weighted by Crippen LogP contribution is 2.29. The quantitative estimate of drug-likeness (QED) is 0.847. The Hall–Kier alpha value is -2.34. The minimum atomic E-state index is -0.909. The molecule has 0 saturated carbocycles. The summed E-state index contributed by atoms with van der Waals surface area (Å²) in [6.07, 6.45) is 8.26. The third-order valence-electron chi connectivity index (χ3n) is 5.66. The summed E-state index contributed by atoms with van der Waals surface area (Å²) in [5, 5.41) is 17.8. The molecule has 1 aromatic carbocycles. The molecule has 2 aliphatic rings. The highest BCUT2D eigenvalue weighted by Gasteiger charge is 2.22. The molecule has 1 aromatic heterocycles. The van der Waals surface area contributed by atoms with Crippen molar-refractivity contribution in [3.05, 3.63) is 41.1 Å². The Morgan fingerprint density at radius 3 is 2.81 bits per heavy atom. The number of nitrogens with one attached hydrogen (secondary N) is 1. The van der Waals surface area contributed by atoms with Crippen LogP contribution in [0.1, 0.15) is 53.7 Å². The lowest BCUT2D eigenvalue weighted by atomic mass is 10.1. The normalized spacial score (nSPS) is 17.8. The molecule has 6 nitrogen and oxygen atoms in total. The zero-order valence-corrected chi connectivity index (χ0v) is 15.8. The predicted octanol–water partition coefficient (Wildman–Crippen LogP) is 3.35. The third-order valence-corrected chi connectivity index (χ3v) is 5.66. The van der Waals surface area contributed by atoms with Crippen molar-refractivity contribution in [1.82, 2.24) is 14.7 Å². The molecule has 2 aliphatic heterocycles. The molecule has 3 heterocycles. The summed E-state index contributed by atoms with van der Waals surface area (Å²) < 4.78 is 1.92. The molecule has 4 rings (SSSR count). The van der Waals surface area contributed by atoms with Gasteiger partial charge in [-0.1, -0.05) is 12.5 Å². The van der Waals surface area contributed by atoms with Crippen LogP contribution in [0, 0.1) is 0 Å². The number of rotatable bonds is 5. The molecule has 2 aromatic rings. The third kappa shape index (κ3) is 4.00. The van der Waals surface area contributed by atoms with Crippen LogP contribution in [0.2, 0.25) is 0 Å². The lowest BCUT2D eigenvalue weighted by Gasteiger charge is -2.26. The predicted molar refractivity (Wildman–Crippen MR) is 106 cm³/mol. The number of carbonyl (C=O) groups is 1. The number of aromatic nitrogens is 2. The zero-order valence-electron chi connectivity index (χ0n) is 15.8. The maximum absolute atomic E-state index is 11.4. The van der Waals surface area contributed by atoms with Crippen molar-refractivity contribution in [3.8, 4) is 5.69 Å². The van der Waals surface area contributed by atoms with E-state index in [1.54, 1.807) is 18.2 Å². The van der Waals surface area contributed by atoms with Crippen LogP contribution >= 0.6 is 0 Å². The van der Waals surface area contributed by atoms with Crippen LogP contribution in [0.5, 0.6) is 0 Å². The second kappa shape index (κ2) is 8.13. The Labute approximate surface area is 160 Å². The fourth-order valence-corrected chi connectivity index (χ4v) is 4.18. The van der Waals surface area contributed by atoms with E-state index in [1.807, 2.05) is 10.7 Å². The number of benzene rings is 1. The second-order valence-electron chi connectivity index (χ2n) is 7.58. The summed E-state index contributed by atoms with van der Waals surface area (Å²) in [5.41, 5.74) is 3.57. The first-order valence-corrected chi connectivity index (χ1v) is 10.1. The first kappa shape index (κ1) is 18.0. The van der Waals surface area contributed by atoms with Crippen LogP contribution in [0.4, 0.5) is 5.82 Å². The van der Waals surface area contributed by atoms with Gasteiger partial charge >= 0.3 is 5.97 Å². The number of hydrogen-bond donors (Lipinski definition) is 2. The van der Waals surface area contributed by atoms with Gasteiger partial charge in [-0.15, -0.1) is 0 Å². The lowest BCUT2D eigenvalue weighted by molar-refractivity contribution is 0.0697. The Morgan fingerprint density at radius 2 is 2.00 bits per heavy atom. The van der Waals surface area contributed by atoms with E-state index in [9.17, 15) is 9.90 Å². The molecule has 0 unspecified atom stereocenters. The van der Waals surface area contributed by atoms with Gasteiger partial charge in [-0.05, 0) is 63.4 Å². The van der Waals surface area contributed by atoms with Gasteiger partial charge in [-0.3, -0.25) is 0 Å². The van der Waals surface area contributed by atoms with Gasteiger partial charge in [-0.25, -0.2) is 9.48 Å². The molecule has 1 saturated heterocycles. The maximum Gasteiger partial charge on any atom is 0.335 e. The summed E-state index contributed by atoms with van der Waals surface area (Å²) in [4.78, 5) is 13.9. The minimum absolute atomic E-state index is 0.292. The van der Waals surface area contributed by atoms with Crippen LogP contribution in [-0.4, -0.2) is 51.9 Å². The van der Waals surface area contributed by atoms with E-state index < -0.39 is 5.97 Å². The Bertz CT molecular complexity index is 809. The zero-order chi connectivity index (χ0) is 18.6. The smallest absolute Gasteiger partial charge is 0.335 e. The van der Waals surface area contributed by atoms with Crippen LogP contribution in [0.15, 0.2) is 24.3 Å². The highest BCUT2D eigenvalue weighted by atomic mass is 16.4. The van der Waals surface area contributed by atoms with Gasteiger partial charge in [0.2, 0.25) is 0 Å². The van der Waals surface area contributed by atoms with Crippen molar-refractivity contribution < 1.29 is 9.90 Å². The van der Waals surface area contributed by atoms with E-state index in [-0.39, 0.29) is 0 Å². The first-order chi connectivity index (χ1) is 13.2. The van der Waals surface area contributed by atoms with Gasteiger partial charge in [-0.2, -0.15) is 5.10 Å². The van der Waals surface area contributed by atoms with Gasteiger partial charge in [0.1, 0.15) is 5.82 Å². The van der Waals surface area contributed by atoms with Crippen LogP contribution in [0.25, 0.3) is 5.69 Å². The van der Waals surface area contributed by atoms with E-state index in [0.29, 0.717) is 5.56 Å². The number of aromatic carboxylic acids is 1. The summed E-state index contributed by atoms with van der Waals surface area (Å²) in [6.45, 7) is 4.38. The molecule has 6 heteroatoms. The number of hydrogen-bond acceptors (Lipinski definition) is 4. The number of nitrogens with zero attached hydrogens (tertiary/aromatic N) is 3. The number of fused-ring (bicyclic) bond motifs is 1. The van der Waals surface area contributed by atoms with Gasteiger partial charge < -0.3 is 15.3 Å². The van der Waals surface area contributed by atoms with Crippen LogP contribution in [-0.2, 0) is 12.8 Å². The van der Waals surface area contributed by atoms with Crippen molar-refractivity contribution in [2.45, 2.75) is 44.9 Å². The van der Waals surface area contributed by atoms with Crippen molar-refractivity contribution in [2.24, 2.45) is 0 Å². The van der Waals surface area contributed by atoms with E-state index in [0.717, 1.165) is 56.0 Å². The van der Waals surface area contributed by atoms with Crippen molar-refractivity contribution in [3.63, 3.8) is 0 Å². The second-order valence-corrected chi connectivity index (χ2v) is 7.58. The molecule has 27 heavy (non-hydrogen) atoms. The SMILES string of the molecule is O=C(O)c1cccc(-n2nc(CCN3CCCCC3)c3c2NCCCC3)c1. The number of piperidine rings is 1. The molecule has 0 amide bonds. The first-order valence-electron chi connectivity index (χ1n) is 10.1. The molecule has 0 atom stereocenters. The van der Waals surface area contributed by atoms with Crippen LogP contribution in [0.3, 0.4) is 0 Å². The van der Waals surface area contributed by atoms with E-state index in [2.05, 4.69) is 10.2 Å². The Morgan fingerprint density at radius 1 is 1.15 bits per heavy atom. The number of anilines is 1. The average molecular weight is 368 g/mol. The number of likely N-dealkylation sites (tertiary alicyclic amines) is 1. The molecule has 0 radical (unpaired) electrons. The molecule has 0 bridgehead atoms. The molecule has 0 aliphatic carbocycles. The maximum atomic E-state index is 11.4. The van der Waals surface area contributed by atoms with Gasteiger partial charge in [0.05, 0.1) is 16.9 Å². The van der Waals surface area contributed by atoms with Gasteiger partial charge in [0, 0.05) is 25.1 Å². The molecule has 144 valence electrons. The monoisotopic (exact) mass is 368 g/mol. The molecule has 2 N–H and O–H groups in total. The van der Waals surface area contributed by atoms with Crippen LogP contribution < -0.4 is 5.32 Å². The van der Waals surface area contributed by atoms with Gasteiger partial charge in [0.15, 0.2) is 0 Å². The van der Waals surface area contributed by atoms with Crippen molar-refractivity contribution in [2.75, 3.05) is 31.5 Å². The largest absolute Gasteiger partial charge is 0.478 e. The minimum Gasteiger partial charge on any atom is -0.478 e. The molecule has 0 spiro atoms. The topological polar surface area (TPSA) is 70.4 Å². The van der Waals surface area contributed by atoms with Gasteiger partial charge in [0.25, 0.3) is 0 Å². The summed E-state index contributed by atoms with van der Waals surface area (Å²) in [5.74, 6) is 0.136. The molecular formula is C21H28N4O2. The fraction of sp³-hybridized carbons (Fsp3) is 0.524. The lowest BCUT2D eigenvalue weighted by Crippen LogP contribution is -2.31. The van der Waals surface area contributed by atoms with Crippen molar-refractivity contribution >= 4 is 11.8 Å². The Kier molecular flexibility index (Phi) is 5.43. The van der Waals surface area contributed by atoms with E-state index in [4.69, 9.17) is 5.10 Å². The highest BCUT2D eigenvalue weighted by molar-refractivity contribution is 5.88. The van der Waals surface area contributed by atoms with E-state index >= 15 is 0 Å². The summed E-state index contributed by atoms with van der Waals surface area (Å²) in [6, 6.07) is 7.05. The Balaban J connectivity index is 1.64. The fourth-order valence-electron chi connectivity index (χ4n) is 4.18. The van der Waals surface area contributed by atoms with E-state index in [1.165, 1.54) is 37.9 Å². The summed E-state index contributed by atoms with van der Waals surface area (Å²) in [7, 11) is 0. The van der Waals surface area contributed by atoms with Crippen molar-refractivity contribution in [1.29, 1.82) is 0 Å². The molecule has 1 fully saturated rings. The average Bonchev–Trinajstić information content (AvgIpc) is 2.87.